The first-order valence-electron chi connectivity index (χ1n) is 11.7. The van der Waals surface area contributed by atoms with E-state index in [4.69, 9.17) is 4.74 Å². The molecule has 0 aliphatic carbocycles. The highest BCUT2D eigenvalue weighted by Crippen LogP contribution is 2.32. The molecule has 0 saturated carbocycles. The summed E-state index contributed by atoms with van der Waals surface area (Å²) in [5, 5.41) is 12.3. The van der Waals surface area contributed by atoms with Gasteiger partial charge in [-0.15, -0.1) is 11.3 Å². The molecular weight excluding hydrogens is 480 g/mol. The third-order valence-electron chi connectivity index (χ3n) is 6.15. The van der Waals surface area contributed by atoms with Crippen LogP contribution in [0.2, 0.25) is 0 Å². The van der Waals surface area contributed by atoms with Crippen molar-refractivity contribution in [1.29, 1.82) is 0 Å². The van der Waals surface area contributed by atoms with Gasteiger partial charge >= 0.3 is 0 Å². The molecule has 0 aromatic carbocycles. The van der Waals surface area contributed by atoms with Crippen LogP contribution in [0.3, 0.4) is 0 Å². The number of hydrogen-bond donors (Lipinski definition) is 2. The normalized spacial score (nSPS) is 12.1. The minimum atomic E-state index is -0.267. The molecule has 1 amide bonds. The third-order valence-corrected chi connectivity index (χ3v) is 7.29. The molecule has 0 radical (unpaired) electrons. The van der Waals surface area contributed by atoms with E-state index >= 15 is 0 Å². The van der Waals surface area contributed by atoms with Gasteiger partial charge in [-0.2, -0.15) is 10.2 Å². The monoisotopic (exact) mass is 508 g/mol. The Hall–Kier alpha value is -3.61. The number of thiazole rings is 1. The van der Waals surface area contributed by atoms with Crippen molar-refractivity contribution in [1.82, 2.24) is 39.6 Å². The number of aryl methyl sites for hydroxylation is 1. The number of carbonyl (C=O) groups is 1. The molecule has 2 N–H and O–H groups in total. The van der Waals surface area contributed by atoms with E-state index in [1.165, 1.54) is 17.5 Å². The van der Waals surface area contributed by atoms with Gasteiger partial charge in [0.15, 0.2) is 0 Å². The van der Waals surface area contributed by atoms with Crippen LogP contribution in [-0.2, 0) is 11.8 Å². The van der Waals surface area contributed by atoms with E-state index in [-0.39, 0.29) is 11.5 Å². The van der Waals surface area contributed by atoms with Gasteiger partial charge in [0, 0.05) is 64.0 Å². The maximum Gasteiger partial charge on any atom is 0.261 e. The summed E-state index contributed by atoms with van der Waals surface area (Å²) in [6.45, 7) is 6.86. The Kier molecular flexibility index (Phi) is 6.56. The zero-order valence-electron chi connectivity index (χ0n) is 20.6. The number of fused-ring (bicyclic) bond motifs is 5. The number of rotatable bonds is 9. The largest absolute Gasteiger partial charge is 0.383 e. The molecule has 0 fully saturated rings. The predicted octanol–water partition coefficient (Wildman–Crippen LogP) is 2.27. The minimum Gasteiger partial charge on any atom is -0.383 e. The molecule has 0 spiro atoms. The molecular formula is C24H28N8O3S. The van der Waals surface area contributed by atoms with E-state index in [2.05, 4.69) is 44.2 Å². The van der Waals surface area contributed by atoms with Crippen molar-refractivity contribution >= 4 is 44.0 Å². The molecule has 36 heavy (non-hydrogen) atoms. The molecule has 188 valence electrons. The maximum absolute atomic E-state index is 13.0. The Morgan fingerprint density at radius 2 is 2.08 bits per heavy atom. The summed E-state index contributed by atoms with van der Waals surface area (Å²) >= 11 is 1.47. The van der Waals surface area contributed by atoms with Gasteiger partial charge in [-0.05, 0) is 19.9 Å². The number of amides is 1. The molecule has 0 unspecified atom stereocenters. The number of aromatic amines is 1. The van der Waals surface area contributed by atoms with Gasteiger partial charge in [-0.1, -0.05) is 0 Å². The smallest absolute Gasteiger partial charge is 0.261 e. The maximum atomic E-state index is 13.0. The third kappa shape index (κ3) is 4.50. The Labute approximate surface area is 210 Å². The van der Waals surface area contributed by atoms with Crippen LogP contribution in [0.1, 0.15) is 24.2 Å². The molecule has 0 saturated heterocycles. The van der Waals surface area contributed by atoms with Crippen molar-refractivity contribution in [2.45, 2.75) is 19.9 Å². The Balaban J connectivity index is 1.40. The van der Waals surface area contributed by atoms with Crippen LogP contribution < -0.4 is 10.9 Å². The van der Waals surface area contributed by atoms with Crippen molar-refractivity contribution in [2.24, 2.45) is 7.05 Å². The highest BCUT2D eigenvalue weighted by Gasteiger charge is 2.19. The van der Waals surface area contributed by atoms with E-state index < -0.39 is 0 Å². The fourth-order valence-corrected chi connectivity index (χ4v) is 5.27. The fraction of sp³-hybridized carbons (Fsp3) is 0.375. The highest BCUT2D eigenvalue weighted by atomic mass is 32.1. The van der Waals surface area contributed by atoms with Crippen LogP contribution in [0.5, 0.6) is 0 Å². The summed E-state index contributed by atoms with van der Waals surface area (Å²) in [7, 11) is 3.54. The summed E-state index contributed by atoms with van der Waals surface area (Å²) in [6.07, 6.45) is 7.11. The summed E-state index contributed by atoms with van der Waals surface area (Å²) in [5.41, 5.74) is 2.60. The number of aromatic nitrogens is 6. The molecule has 0 bridgehead atoms. The van der Waals surface area contributed by atoms with Crippen molar-refractivity contribution in [3.8, 4) is 10.4 Å². The quantitative estimate of drug-likeness (QED) is 0.313. The standard InChI is InChI=1S/C24H28N8O3S/c1-14(2)31(7-8-35-4)6-5-25-22(33)15-9-17-20(26-10-15)21-19(23(34)28-17)24-32(29-21)13-18(36-24)16-11-27-30(3)12-16/h9-14H,5-8H2,1-4H3,(H,25,33)(H,28,34). The number of pyridine rings is 2. The van der Waals surface area contributed by atoms with Gasteiger partial charge in [0.25, 0.3) is 11.5 Å². The van der Waals surface area contributed by atoms with Gasteiger partial charge in [0.2, 0.25) is 0 Å². The average Bonchev–Trinajstić information content (AvgIpc) is 3.54. The molecule has 11 nitrogen and oxygen atoms in total. The van der Waals surface area contributed by atoms with E-state index in [1.54, 1.807) is 28.6 Å². The number of ether oxygens (including phenoxy) is 1. The minimum absolute atomic E-state index is 0.243. The van der Waals surface area contributed by atoms with Gasteiger partial charge in [-0.25, -0.2) is 4.52 Å². The van der Waals surface area contributed by atoms with E-state index in [1.807, 2.05) is 19.4 Å². The number of methoxy groups -OCH3 is 1. The molecule has 0 atom stereocenters. The summed E-state index contributed by atoms with van der Waals surface area (Å²) in [4.78, 5) is 37.1. The van der Waals surface area contributed by atoms with Crippen molar-refractivity contribution < 1.29 is 9.53 Å². The van der Waals surface area contributed by atoms with Crippen LogP contribution in [0.4, 0.5) is 0 Å². The fourth-order valence-electron chi connectivity index (χ4n) is 4.21. The summed E-state index contributed by atoms with van der Waals surface area (Å²) in [5.74, 6) is -0.243. The first kappa shape index (κ1) is 24.1. The lowest BCUT2D eigenvalue weighted by Crippen LogP contribution is -2.40. The molecule has 12 heteroatoms. The van der Waals surface area contributed by atoms with Crippen LogP contribution in [0, 0.1) is 0 Å². The Bertz CT molecular complexity index is 1610. The SMILES string of the molecule is COCCN(CCNC(=O)c1cnc2c(c1)[nH]c(=O)c1c2nn2cc(-c3cnn(C)c3)sc12)C(C)C. The summed E-state index contributed by atoms with van der Waals surface area (Å²) < 4.78 is 8.60. The topological polar surface area (TPSA) is 122 Å². The molecule has 0 aliphatic heterocycles. The Morgan fingerprint density at radius 1 is 1.25 bits per heavy atom. The molecule has 5 aromatic heterocycles. The summed E-state index contributed by atoms with van der Waals surface area (Å²) in [6, 6.07) is 2.00. The lowest BCUT2D eigenvalue weighted by Gasteiger charge is -2.26. The molecule has 5 aromatic rings. The van der Waals surface area contributed by atoms with Crippen molar-refractivity contribution in [2.75, 3.05) is 33.4 Å². The van der Waals surface area contributed by atoms with Gasteiger partial charge in [0.05, 0.1) is 28.8 Å². The predicted molar refractivity (Wildman–Crippen MR) is 140 cm³/mol. The second-order valence-corrected chi connectivity index (χ2v) is 9.95. The Morgan fingerprint density at radius 3 is 2.81 bits per heavy atom. The molecule has 5 rings (SSSR count). The molecule has 0 aliphatic rings. The highest BCUT2D eigenvalue weighted by molar-refractivity contribution is 7.21. The number of carbonyl (C=O) groups excluding carboxylic acids is 1. The van der Waals surface area contributed by atoms with Gasteiger partial charge in [0.1, 0.15) is 21.3 Å². The lowest BCUT2D eigenvalue weighted by molar-refractivity contribution is 0.0936. The zero-order chi connectivity index (χ0) is 25.4. The second kappa shape index (κ2) is 9.80. The first-order valence-corrected chi connectivity index (χ1v) is 12.5. The number of nitrogens with one attached hydrogen (secondary N) is 2. The number of nitrogens with zero attached hydrogens (tertiary/aromatic N) is 6. The number of hydrogen-bond acceptors (Lipinski definition) is 8. The van der Waals surface area contributed by atoms with Crippen LogP contribution >= 0.6 is 11.3 Å². The van der Waals surface area contributed by atoms with E-state index in [0.29, 0.717) is 53.2 Å². The van der Waals surface area contributed by atoms with Crippen molar-refractivity contribution in [3.63, 3.8) is 0 Å². The van der Waals surface area contributed by atoms with E-state index in [0.717, 1.165) is 21.8 Å². The first-order chi connectivity index (χ1) is 17.4. The van der Waals surface area contributed by atoms with Crippen LogP contribution in [0.25, 0.3) is 37.2 Å². The second-order valence-electron chi connectivity index (χ2n) is 8.92. The van der Waals surface area contributed by atoms with Crippen LogP contribution in [-0.4, -0.2) is 79.6 Å². The van der Waals surface area contributed by atoms with Gasteiger partial charge < -0.3 is 15.0 Å². The van der Waals surface area contributed by atoms with Gasteiger partial charge in [-0.3, -0.25) is 24.2 Å². The van der Waals surface area contributed by atoms with Crippen LogP contribution in [0.15, 0.2) is 35.6 Å². The average molecular weight is 509 g/mol. The lowest BCUT2D eigenvalue weighted by atomic mass is 10.2. The van der Waals surface area contributed by atoms with E-state index in [9.17, 15) is 9.59 Å². The van der Waals surface area contributed by atoms with Crippen molar-refractivity contribution in [3.05, 3.63) is 46.8 Å². The zero-order valence-corrected chi connectivity index (χ0v) is 21.4. The number of H-pyrrole nitrogens is 1. The molecule has 5 heterocycles.